The Morgan fingerprint density at radius 3 is 2.71 bits per heavy atom. The topological polar surface area (TPSA) is 52.1 Å². The molecule has 0 aliphatic carbocycles. The molecule has 2 aromatic heterocycles. The van der Waals surface area contributed by atoms with Gasteiger partial charge in [0.1, 0.15) is 9.88 Å². The third-order valence-electron chi connectivity index (χ3n) is 2.33. The Hall–Kier alpha value is -1.75. The van der Waals surface area contributed by atoms with Gasteiger partial charge >= 0.3 is 5.97 Å². The molecular formula is C12H12N2O2S. The van der Waals surface area contributed by atoms with Gasteiger partial charge in [-0.2, -0.15) is 0 Å². The first-order valence-electron chi connectivity index (χ1n) is 5.24. The molecule has 0 aromatic carbocycles. The molecule has 2 rings (SSSR count). The van der Waals surface area contributed by atoms with Crippen molar-refractivity contribution < 1.29 is 9.53 Å². The summed E-state index contributed by atoms with van der Waals surface area (Å²) in [6, 6.07) is 3.75. The largest absolute Gasteiger partial charge is 0.465 e. The minimum absolute atomic E-state index is 0.320. The molecule has 0 aliphatic heterocycles. The third kappa shape index (κ3) is 2.34. The average Bonchev–Trinajstić information content (AvgIpc) is 2.83. The predicted molar refractivity (Wildman–Crippen MR) is 66.1 cm³/mol. The number of esters is 1. The Bertz CT molecular complexity index is 523. The van der Waals surface area contributed by atoms with Gasteiger partial charge < -0.3 is 4.74 Å². The van der Waals surface area contributed by atoms with Gasteiger partial charge in [0, 0.05) is 18.0 Å². The standard InChI is InChI=1S/C12H12N2O2S/c1-3-9-10(12(15)16-2)17-11(14-9)8-4-6-13-7-5-8/h4-7H,3H2,1-2H3. The number of nitrogens with zero attached hydrogens (tertiary/aromatic N) is 2. The zero-order chi connectivity index (χ0) is 12.3. The van der Waals surface area contributed by atoms with Crippen molar-refractivity contribution in [1.82, 2.24) is 9.97 Å². The van der Waals surface area contributed by atoms with Crippen LogP contribution in [0.5, 0.6) is 0 Å². The van der Waals surface area contributed by atoms with E-state index in [0.717, 1.165) is 16.3 Å². The first-order chi connectivity index (χ1) is 8.26. The van der Waals surface area contributed by atoms with E-state index >= 15 is 0 Å². The predicted octanol–water partition coefficient (Wildman–Crippen LogP) is 2.55. The van der Waals surface area contributed by atoms with E-state index in [0.29, 0.717) is 11.3 Å². The summed E-state index contributed by atoms with van der Waals surface area (Å²) in [6.45, 7) is 1.97. The highest BCUT2D eigenvalue weighted by Crippen LogP contribution is 2.28. The molecular weight excluding hydrogens is 236 g/mol. The number of hydrogen-bond donors (Lipinski definition) is 0. The molecule has 0 saturated carbocycles. The van der Waals surface area contributed by atoms with Crippen LogP contribution in [-0.2, 0) is 11.2 Å². The van der Waals surface area contributed by atoms with Crippen LogP contribution >= 0.6 is 11.3 Å². The first-order valence-corrected chi connectivity index (χ1v) is 6.06. The Balaban J connectivity index is 2.45. The van der Waals surface area contributed by atoms with Gasteiger partial charge in [-0.3, -0.25) is 4.98 Å². The monoisotopic (exact) mass is 248 g/mol. The molecule has 17 heavy (non-hydrogen) atoms. The van der Waals surface area contributed by atoms with E-state index in [1.54, 1.807) is 12.4 Å². The summed E-state index contributed by atoms with van der Waals surface area (Å²) in [5, 5.41) is 0.824. The number of pyridine rings is 1. The lowest BCUT2D eigenvalue weighted by molar-refractivity contribution is 0.0605. The Kier molecular flexibility index (Phi) is 3.49. The van der Waals surface area contributed by atoms with Crippen LogP contribution in [0.2, 0.25) is 0 Å². The molecule has 0 aliphatic rings. The van der Waals surface area contributed by atoms with E-state index in [4.69, 9.17) is 4.74 Å². The quantitative estimate of drug-likeness (QED) is 0.783. The Labute approximate surface area is 103 Å². The van der Waals surface area contributed by atoms with Crippen LogP contribution in [-0.4, -0.2) is 23.0 Å². The number of carbonyl (C=O) groups excluding carboxylic acids is 1. The number of aromatic nitrogens is 2. The second-order valence-electron chi connectivity index (χ2n) is 3.38. The highest BCUT2D eigenvalue weighted by molar-refractivity contribution is 7.17. The van der Waals surface area contributed by atoms with Gasteiger partial charge in [0.25, 0.3) is 0 Å². The minimum Gasteiger partial charge on any atom is -0.465 e. The maximum atomic E-state index is 11.6. The van der Waals surface area contributed by atoms with Crippen molar-refractivity contribution in [3.8, 4) is 10.6 Å². The van der Waals surface area contributed by atoms with Gasteiger partial charge in [0.05, 0.1) is 12.8 Å². The number of thiazole rings is 1. The lowest BCUT2D eigenvalue weighted by Gasteiger charge is -1.95. The van der Waals surface area contributed by atoms with Crippen LogP contribution in [0.15, 0.2) is 24.5 Å². The number of rotatable bonds is 3. The summed E-state index contributed by atoms with van der Waals surface area (Å²) >= 11 is 1.36. The third-order valence-corrected chi connectivity index (χ3v) is 3.46. The van der Waals surface area contributed by atoms with Crippen molar-refractivity contribution in [2.45, 2.75) is 13.3 Å². The maximum Gasteiger partial charge on any atom is 0.349 e. The zero-order valence-electron chi connectivity index (χ0n) is 9.64. The van der Waals surface area contributed by atoms with Crippen molar-refractivity contribution in [1.29, 1.82) is 0 Å². The molecule has 5 heteroatoms. The van der Waals surface area contributed by atoms with E-state index in [1.807, 2.05) is 19.1 Å². The normalized spacial score (nSPS) is 10.2. The highest BCUT2D eigenvalue weighted by atomic mass is 32.1. The van der Waals surface area contributed by atoms with Gasteiger partial charge in [-0.25, -0.2) is 9.78 Å². The SMILES string of the molecule is CCc1nc(-c2ccncc2)sc1C(=O)OC. The summed E-state index contributed by atoms with van der Waals surface area (Å²) in [5.74, 6) is -0.320. The van der Waals surface area contributed by atoms with E-state index in [2.05, 4.69) is 9.97 Å². The van der Waals surface area contributed by atoms with Gasteiger partial charge in [-0.15, -0.1) is 11.3 Å². The fourth-order valence-electron chi connectivity index (χ4n) is 1.46. The molecule has 0 fully saturated rings. The molecule has 2 aromatic rings. The van der Waals surface area contributed by atoms with E-state index < -0.39 is 0 Å². The van der Waals surface area contributed by atoms with Gasteiger partial charge in [-0.1, -0.05) is 6.92 Å². The van der Waals surface area contributed by atoms with E-state index in [-0.39, 0.29) is 5.97 Å². The Morgan fingerprint density at radius 1 is 1.41 bits per heavy atom. The second kappa shape index (κ2) is 5.05. The summed E-state index contributed by atoms with van der Waals surface area (Å²) < 4.78 is 4.75. The van der Waals surface area contributed by atoms with Crippen LogP contribution in [0.25, 0.3) is 10.6 Å². The molecule has 4 nitrogen and oxygen atoms in total. The second-order valence-corrected chi connectivity index (χ2v) is 4.37. The molecule has 0 atom stereocenters. The summed E-state index contributed by atoms with van der Waals surface area (Å²) in [4.78, 5) is 20.6. The van der Waals surface area contributed by atoms with Crippen LogP contribution in [0.3, 0.4) is 0 Å². The molecule has 0 amide bonds. The number of aryl methyl sites for hydroxylation is 1. The number of hydrogen-bond acceptors (Lipinski definition) is 5. The first kappa shape index (κ1) is 11.7. The molecule has 0 radical (unpaired) electrons. The fourth-order valence-corrected chi connectivity index (χ4v) is 2.54. The zero-order valence-corrected chi connectivity index (χ0v) is 10.5. The summed E-state index contributed by atoms with van der Waals surface area (Å²) in [7, 11) is 1.38. The lowest BCUT2D eigenvalue weighted by atomic mass is 10.2. The summed E-state index contributed by atoms with van der Waals surface area (Å²) in [5.41, 5.74) is 1.75. The average molecular weight is 248 g/mol. The van der Waals surface area contributed by atoms with Crippen LogP contribution in [0.4, 0.5) is 0 Å². The van der Waals surface area contributed by atoms with Crippen molar-refractivity contribution in [3.05, 3.63) is 35.1 Å². The van der Waals surface area contributed by atoms with Gasteiger partial charge in [0.15, 0.2) is 0 Å². The van der Waals surface area contributed by atoms with Crippen LogP contribution in [0, 0.1) is 0 Å². The van der Waals surface area contributed by atoms with Crippen LogP contribution in [0.1, 0.15) is 22.3 Å². The van der Waals surface area contributed by atoms with Crippen molar-refractivity contribution >= 4 is 17.3 Å². The van der Waals surface area contributed by atoms with Crippen molar-refractivity contribution in [2.24, 2.45) is 0 Å². The fraction of sp³-hybridized carbons (Fsp3) is 0.250. The number of ether oxygens (including phenoxy) is 1. The smallest absolute Gasteiger partial charge is 0.349 e. The molecule has 0 spiro atoms. The number of methoxy groups -OCH3 is 1. The van der Waals surface area contributed by atoms with Crippen LogP contribution < -0.4 is 0 Å². The molecule has 0 N–H and O–H groups in total. The summed E-state index contributed by atoms with van der Waals surface area (Å²) in [6.07, 6.45) is 4.13. The lowest BCUT2D eigenvalue weighted by Crippen LogP contribution is -2.01. The van der Waals surface area contributed by atoms with Gasteiger partial charge in [0.2, 0.25) is 0 Å². The molecule has 88 valence electrons. The molecule has 0 unspecified atom stereocenters. The maximum absolute atomic E-state index is 11.6. The highest BCUT2D eigenvalue weighted by Gasteiger charge is 2.17. The minimum atomic E-state index is -0.320. The molecule has 0 saturated heterocycles. The van der Waals surface area contributed by atoms with Crippen molar-refractivity contribution in [2.75, 3.05) is 7.11 Å². The molecule has 0 bridgehead atoms. The van der Waals surface area contributed by atoms with Gasteiger partial charge in [-0.05, 0) is 18.6 Å². The van der Waals surface area contributed by atoms with E-state index in [1.165, 1.54) is 18.4 Å². The van der Waals surface area contributed by atoms with E-state index in [9.17, 15) is 4.79 Å². The molecule has 2 heterocycles. The van der Waals surface area contributed by atoms with Crippen molar-refractivity contribution in [3.63, 3.8) is 0 Å². The number of carbonyl (C=O) groups is 1. The Morgan fingerprint density at radius 2 is 2.12 bits per heavy atom.